The van der Waals surface area contributed by atoms with Gasteiger partial charge in [0.15, 0.2) is 0 Å². The largest absolute Gasteiger partial charge is 0.295 e. The topological polar surface area (TPSA) is 16.1 Å². The zero-order chi connectivity index (χ0) is 11.9. The molecular weight excluding hydrogens is 208 g/mol. The van der Waals surface area contributed by atoms with Crippen molar-refractivity contribution < 1.29 is 0 Å². The molecule has 2 nitrogen and oxygen atoms in total. The van der Waals surface area contributed by atoms with Crippen molar-refractivity contribution in [1.29, 1.82) is 0 Å². The molecule has 1 heterocycles. The van der Waals surface area contributed by atoms with Crippen LogP contribution in [0.25, 0.3) is 0 Å². The third-order valence-electron chi connectivity index (χ3n) is 2.85. The summed E-state index contributed by atoms with van der Waals surface area (Å²) in [5, 5.41) is 0. The molecule has 0 N–H and O–H groups in total. The minimum atomic E-state index is 0.980. The van der Waals surface area contributed by atoms with Gasteiger partial charge in [-0.2, -0.15) is 0 Å². The highest BCUT2D eigenvalue weighted by atomic mass is 15.1. The molecule has 0 atom stereocenters. The van der Waals surface area contributed by atoms with Gasteiger partial charge in [-0.05, 0) is 29.8 Å². The lowest BCUT2D eigenvalue weighted by molar-refractivity contribution is 0.271. The summed E-state index contributed by atoms with van der Waals surface area (Å²) in [5.74, 6) is 0. The number of hydrogen-bond acceptors (Lipinski definition) is 2. The molecule has 0 saturated carbocycles. The molecule has 2 heteroatoms. The van der Waals surface area contributed by atoms with Crippen LogP contribution in [0.1, 0.15) is 18.1 Å². The monoisotopic (exact) mass is 226 g/mol. The van der Waals surface area contributed by atoms with Crippen molar-refractivity contribution in [1.82, 2.24) is 9.88 Å². The lowest BCUT2D eigenvalue weighted by Gasteiger charge is -2.20. The van der Waals surface area contributed by atoms with Crippen molar-refractivity contribution in [2.75, 3.05) is 6.54 Å². The fourth-order valence-electron chi connectivity index (χ4n) is 1.87. The normalized spacial score (nSPS) is 10.7. The number of hydrogen-bond donors (Lipinski definition) is 0. The van der Waals surface area contributed by atoms with Gasteiger partial charge in [0.1, 0.15) is 0 Å². The highest BCUT2D eigenvalue weighted by Crippen LogP contribution is 2.08. The van der Waals surface area contributed by atoms with E-state index in [1.165, 1.54) is 11.1 Å². The van der Waals surface area contributed by atoms with E-state index in [2.05, 4.69) is 59.3 Å². The predicted octanol–water partition coefficient (Wildman–Crippen LogP) is 3.10. The first-order valence-corrected chi connectivity index (χ1v) is 6.03. The molecule has 0 radical (unpaired) electrons. The quantitative estimate of drug-likeness (QED) is 0.778. The van der Waals surface area contributed by atoms with Gasteiger partial charge in [-0.1, -0.05) is 37.3 Å². The molecule has 0 aliphatic rings. The standard InChI is InChI=1S/C15H18N2/c1-2-17(12-14-6-4-3-5-7-14)13-15-8-10-16-11-9-15/h3-11H,2,12-13H2,1H3. The van der Waals surface area contributed by atoms with Gasteiger partial charge in [0.25, 0.3) is 0 Å². The van der Waals surface area contributed by atoms with Gasteiger partial charge in [-0.25, -0.2) is 0 Å². The van der Waals surface area contributed by atoms with Crippen LogP contribution in [0.4, 0.5) is 0 Å². The Labute approximate surface area is 103 Å². The number of aromatic nitrogens is 1. The number of rotatable bonds is 5. The third kappa shape index (κ3) is 3.68. The SMILES string of the molecule is CCN(Cc1ccccc1)Cc1ccncc1. The number of benzene rings is 1. The zero-order valence-corrected chi connectivity index (χ0v) is 10.2. The Bertz CT molecular complexity index is 384. The van der Waals surface area contributed by atoms with Crippen molar-refractivity contribution in [2.24, 2.45) is 0 Å². The molecule has 0 aliphatic heterocycles. The van der Waals surface area contributed by atoms with Crippen LogP contribution in [0.5, 0.6) is 0 Å². The number of pyridine rings is 1. The van der Waals surface area contributed by atoms with Gasteiger partial charge >= 0.3 is 0 Å². The van der Waals surface area contributed by atoms with Crippen molar-refractivity contribution >= 4 is 0 Å². The summed E-state index contributed by atoms with van der Waals surface area (Å²) in [6.07, 6.45) is 3.71. The van der Waals surface area contributed by atoms with Crippen molar-refractivity contribution in [3.05, 3.63) is 66.0 Å². The van der Waals surface area contributed by atoms with Gasteiger partial charge < -0.3 is 0 Å². The Balaban J connectivity index is 1.98. The second kappa shape index (κ2) is 6.16. The van der Waals surface area contributed by atoms with Gasteiger partial charge in [-0.3, -0.25) is 9.88 Å². The van der Waals surface area contributed by atoms with E-state index in [-0.39, 0.29) is 0 Å². The first-order chi connectivity index (χ1) is 8.38. The van der Waals surface area contributed by atoms with Crippen LogP contribution in [0.3, 0.4) is 0 Å². The molecule has 0 unspecified atom stereocenters. The Morgan fingerprint density at radius 3 is 2.06 bits per heavy atom. The van der Waals surface area contributed by atoms with E-state index in [1.54, 1.807) is 0 Å². The molecule has 2 rings (SSSR count). The summed E-state index contributed by atoms with van der Waals surface area (Å²) >= 11 is 0. The Morgan fingerprint density at radius 2 is 1.47 bits per heavy atom. The van der Waals surface area contributed by atoms with Gasteiger partial charge in [-0.15, -0.1) is 0 Å². The number of nitrogens with zero attached hydrogens (tertiary/aromatic N) is 2. The van der Waals surface area contributed by atoms with E-state index in [4.69, 9.17) is 0 Å². The van der Waals surface area contributed by atoms with E-state index in [1.807, 2.05) is 12.4 Å². The van der Waals surface area contributed by atoms with Crippen LogP contribution in [0.15, 0.2) is 54.9 Å². The van der Waals surface area contributed by atoms with E-state index in [0.717, 1.165) is 19.6 Å². The Morgan fingerprint density at radius 1 is 0.882 bits per heavy atom. The summed E-state index contributed by atoms with van der Waals surface area (Å²) in [7, 11) is 0. The average Bonchev–Trinajstić information content (AvgIpc) is 2.40. The molecule has 0 spiro atoms. The molecular formula is C15H18N2. The predicted molar refractivity (Wildman–Crippen MR) is 70.5 cm³/mol. The van der Waals surface area contributed by atoms with Crippen molar-refractivity contribution in [2.45, 2.75) is 20.0 Å². The molecule has 0 fully saturated rings. The molecule has 88 valence electrons. The van der Waals surface area contributed by atoms with Crippen molar-refractivity contribution in [3.63, 3.8) is 0 Å². The second-order valence-corrected chi connectivity index (χ2v) is 4.14. The van der Waals surface area contributed by atoms with Crippen molar-refractivity contribution in [3.8, 4) is 0 Å². The highest BCUT2D eigenvalue weighted by molar-refractivity contribution is 5.15. The average molecular weight is 226 g/mol. The molecule has 0 bridgehead atoms. The van der Waals surface area contributed by atoms with Crippen LogP contribution in [-0.2, 0) is 13.1 Å². The molecule has 1 aromatic heterocycles. The van der Waals surface area contributed by atoms with Crippen LogP contribution in [-0.4, -0.2) is 16.4 Å². The fraction of sp³-hybridized carbons (Fsp3) is 0.267. The molecule has 17 heavy (non-hydrogen) atoms. The van der Waals surface area contributed by atoms with Crippen LogP contribution < -0.4 is 0 Å². The molecule has 0 aliphatic carbocycles. The van der Waals surface area contributed by atoms with Crippen LogP contribution in [0, 0.1) is 0 Å². The summed E-state index contributed by atoms with van der Waals surface area (Å²) < 4.78 is 0. The third-order valence-corrected chi connectivity index (χ3v) is 2.85. The molecule has 0 amide bonds. The summed E-state index contributed by atoms with van der Waals surface area (Å²) in [6, 6.07) is 14.7. The maximum absolute atomic E-state index is 4.04. The molecule has 0 saturated heterocycles. The minimum absolute atomic E-state index is 0.980. The van der Waals surface area contributed by atoms with Crippen LogP contribution >= 0.6 is 0 Å². The summed E-state index contributed by atoms with van der Waals surface area (Å²) in [6.45, 7) is 5.23. The lowest BCUT2D eigenvalue weighted by atomic mass is 10.2. The maximum atomic E-state index is 4.04. The zero-order valence-electron chi connectivity index (χ0n) is 10.2. The molecule has 1 aromatic carbocycles. The molecule has 2 aromatic rings. The maximum Gasteiger partial charge on any atom is 0.0271 e. The second-order valence-electron chi connectivity index (χ2n) is 4.14. The summed E-state index contributed by atoms with van der Waals surface area (Å²) in [5.41, 5.74) is 2.68. The first kappa shape index (κ1) is 11.8. The van der Waals surface area contributed by atoms with E-state index in [0.29, 0.717) is 0 Å². The summed E-state index contributed by atoms with van der Waals surface area (Å²) in [4.78, 5) is 6.47. The van der Waals surface area contributed by atoms with E-state index in [9.17, 15) is 0 Å². The van der Waals surface area contributed by atoms with Gasteiger partial charge in [0.05, 0.1) is 0 Å². The first-order valence-electron chi connectivity index (χ1n) is 6.03. The minimum Gasteiger partial charge on any atom is -0.295 e. The Hall–Kier alpha value is -1.67. The highest BCUT2D eigenvalue weighted by Gasteiger charge is 2.04. The van der Waals surface area contributed by atoms with Gasteiger partial charge in [0.2, 0.25) is 0 Å². The smallest absolute Gasteiger partial charge is 0.0271 e. The van der Waals surface area contributed by atoms with Crippen LogP contribution in [0.2, 0.25) is 0 Å². The fourth-order valence-corrected chi connectivity index (χ4v) is 1.87. The Kier molecular flexibility index (Phi) is 4.28. The van der Waals surface area contributed by atoms with E-state index < -0.39 is 0 Å². The van der Waals surface area contributed by atoms with E-state index >= 15 is 0 Å². The lowest BCUT2D eigenvalue weighted by Crippen LogP contribution is -2.22. The van der Waals surface area contributed by atoms with Gasteiger partial charge in [0, 0.05) is 25.5 Å².